The third kappa shape index (κ3) is 11.1. The normalized spacial score (nSPS) is 19.4. The van der Waals surface area contributed by atoms with Gasteiger partial charge in [0, 0.05) is 25.8 Å². The highest BCUT2D eigenvalue weighted by Crippen LogP contribution is 2.37. The molecule has 2 aliphatic heterocycles. The summed E-state index contributed by atoms with van der Waals surface area (Å²) in [6.07, 6.45) is -2.12. The zero-order valence-corrected chi connectivity index (χ0v) is 28.5. The standard InChI is InChI=1S/C29H40O6S6/c1-20(30)28(34-15-27-40-18-37-19-41-27)35-25-10-6-22(7-11-25)29(2,3)21-4-8-24(9-5-21)33-13-23(31)12-32-14-26-38-16-36-17-39-26/h4-11,20,23,26-28,30-31H,12-19H2,1-3H3. The monoisotopic (exact) mass is 676 g/mol. The zero-order valence-electron chi connectivity index (χ0n) is 23.6. The molecule has 4 rings (SSSR count). The van der Waals surface area contributed by atoms with Crippen LogP contribution in [0.5, 0.6) is 11.5 Å². The molecule has 2 aliphatic rings. The smallest absolute Gasteiger partial charge is 0.225 e. The number of benzene rings is 2. The second kappa shape index (κ2) is 17.5. The Morgan fingerprint density at radius 2 is 1.27 bits per heavy atom. The lowest BCUT2D eigenvalue weighted by molar-refractivity contribution is -0.136. The van der Waals surface area contributed by atoms with Gasteiger partial charge in [0.05, 0.1) is 29.0 Å². The van der Waals surface area contributed by atoms with Crippen LogP contribution in [0, 0.1) is 0 Å². The molecule has 12 heteroatoms. The predicted octanol–water partition coefficient (Wildman–Crippen LogP) is 6.78. The maximum Gasteiger partial charge on any atom is 0.225 e. The van der Waals surface area contributed by atoms with Crippen LogP contribution in [0.2, 0.25) is 0 Å². The van der Waals surface area contributed by atoms with Crippen LogP contribution in [0.1, 0.15) is 31.9 Å². The highest BCUT2D eigenvalue weighted by atomic mass is 32.3. The zero-order chi connectivity index (χ0) is 29.1. The Kier molecular flexibility index (Phi) is 14.4. The van der Waals surface area contributed by atoms with E-state index in [9.17, 15) is 10.2 Å². The van der Waals surface area contributed by atoms with Gasteiger partial charge in [-0.2, -0.15) is 0 Å². The molecule has 0 saturated carbocycles. The summed E-state index contributed by atoms with van der Waals surface area (Å²) in [5.74, 6) is 1.38. The van der Waals surface area contributed by atoms with Gasteiger partial charge in [0.15, 0.2) is 0 Å². The average molecular weight is 677 g/mol. The second-order valence-electron chi connectivity index (χ2n) is 10.1. The van der Waals surface area contributed by atoms with Crippen molar-refractivity contribution in [2.24, 2.45) is 0 Å². The summed E-state index contributed by atoms with van der Waals surface area (Å²) in [6.45, 7) is 7.72. The Bertz CT molecular complexity index is 1010. The summed E-state index contributed by atoms with van der Waals surface area (Å²) in [6, 6.07) is 16.0. The highest BCUT2D eigenvalue weighted by molar-refractivity contribution is 8.33. The van der Waals surface area contributed by atoms with Crippen molar-refractivity contribution in [1.82, 2.24) is 0 Å². The molecule has 0 aromatic heterocycles. The first-order valence-electron chi connectivity index (χ1n) is 13.5. The minimum atomic E-state index is -0.743. The number of hydrogen-bond acceptors (Lipinski definition) is 12. The van der Waals surface area contributed by atoms with E-state index in [-0.39, 0.29) is 18.6 Å². The molecule has 0 aliphatic carbocycles. The van der Waals surface area contributed by atoms with Crippen molar-refractivity contribution in [3.63, 3.8) is 0 Å². The van der Waals surface area contributed by atoms with E-state index in [2.05, 4.69) is 38.1 Å². The molecule has 228 valence electrons. The van der Waals surface area contributed by atoms with Gasteiger partial charge in [-0.25, -0.2) is 0 Å². The van der Waals surface area contributed by atoms with Crippen LogP contribution in [0.3, 0.4) is 0 Å². The Morgan fingerprint density at radius 3 is 1.80 bits per heavy atom. The van der Waals surface area contributed by atoms with Gasteiger partial charge in [0.1, 0.15) is 30.3 Å². The summed E-state index contributed by atoms with van der Waals surface area (Å²) in [5.41, 5.74) is 2.04. The molecule has 3 atom stereocenters. The van der Waals surface area contributed by atoms with Crippen molar-refractivity contribution in [2.75, 3.05) is 46.8 Å². The summed E-state index contributed by atoms with van der Waals surface area (Å²) >= 11 is 11.4. The Labute approximate surface area is 269 Å². The lowest BCUT2D eigenvalue weighted by Gasteiger charge is -2.28. The first-order valence-corrected chi connectivity index (χ1v) is 20.0. The fraction of sp³-hybridized carbons (Fsp3) is 0.586. The molecule has 2 aromatic rings. The van der Waals surface area contributed by atoms with E-state index < -0.39 is 18.5 Å². The molecule has 2 heterocycles. The van der Waals surface area contributed by atoms with Crippen molar-refractivity contribution in [3.05, 3.63) is 59.7 Å². The Balaban J connectivity index is 1.24. The molecule has 2 N–H and O–H groups in total. The molecule has 2 fully saturated rings. The third-order valence-corrected chi connectivity index (χ3v) is 15.1. The highest BCUT2D eigenvalue weighted by Gasteiger charge is 2.25. The van der Waals surface area contributed by atoms with Crippen LogP contribution >= 0.6 is 70.6 Å². The van der Waals surface area contributed by atoms with Crippen molar-refractivity contribution in [2.45, 2.75) is 53.8 Å². The number of ether oxygens (including phenoxy) is 4. The van der Waals surface area contributed by atoms with Crippen LogP contribution in [0.4, 0.5) is 0 Å². The SMILES string of the molecule is CC(O)C(OCC1SCSCS1)Oc1ccc(C(C)(C)c2ccc(OCC(O)COCC3SCSCS3)cc2)cc1. The van der Waals surface area contributed by atoms with Crippen LogP contribution in [0.25, 0.3) is 0 Å². The van der Waals surface area contributed by atoms with Gasteiger partial charge in [-0.15, -0.1) is 70.6 Å². The van der Waals surface area contributed by atoms with Gasteiger partial charge in [-0.05, 0) is 42.3 Å². The summed E-state index contributed by atoms with van der Waals surface area (Å²) in [4.78, 5) is 0. The topological polar surface area (TPSA) is 77.4 Å². The number of hydrogen-bond donors (Lipinski definition) is 2. The number of thioether (sulfide) groups is 6. The van der Waals surface area contributed by atoms with Crippen molar-refractivity contribution in [1.29, 1.82) is 0 Å². The van der Waals surface area contributed by atoms with Crippen LogP contribution < -0.4 is 9.47 Å². The van der Waals surface area contributed by atoms with E-state index in [1.165, 1.54) is 0 Å². The quantitative estimate of drug-likeness (QED) is 0.195. The second-order valence-corrected chi connectivity index (χ2v) is 18.9. The molecule has 2 aromatic carbocycles. The average Bonchev–Trinajstić information content (AvgIpc) is 2.99. The minimum absolute atomic E-state index is 0.194. The van der Waals surface area contributed by atoms with Crippen molar-refractivity contribution in [3.8, 4) is 11.5 Å². The van der Waals surface area contributed by atoms with E-state index >= 15 is 0 Å². The summed E-state index contributed by atoms with van der Waals surface area (Å²) < 4.78 is 24.3. The van der Waals surface area contributed by atoms with Gasteiger partial charge < -0.3 is 29.2 Å². The Hall–Kier alpha value is -0.0200. The van der Waals surface area contributed by atoms with E-state index in [0.717, 1.165) is 37.2 Å². The number of rotatable bonds is 15. The third-order valence-electron chi connectivity index (χ3n) is 6.55. The maximum absolute atomic E-state index is 10.3. The van der Waals surface area contributed by atoms with Gasteiger partial charge in [0.2, 0.25) is 6.29 Å². The van der Waals surface area contributed by atoms with E-state index in [1.807, 2.05) is 94.8 Å². The fourth-order valence-electron chi connectivity index (χ4n) is 4.06. The molecule has 2 saturated heterocycles. The van der Waals surface area contributed by atoms with Gasteiger partial charge in [-0.3, -0.25) is 0 Å². The van der Waals surface area contributed by atoms with E-state index in [1.54, 1.807) is 6.92 Å². The molecule has 41 heavy (non-hydrogen) atoms. The molecule has 0 amide bonds. The number of aliphatic hydroxyl groups excluding tert-OH is 2. The lowest BCUT2D eigenvalue weighted by atomic mass is 9.78. The summed E-state index contributed by atoms with van der Waals surface area (Å²) in [7, 11) is 0. The molecule has 0 radical (unpaired) electrons. The lowest BCUT2D eigenvalue weighted by Crippen LogP contribution is -2.34. The Morgan fingerprint density at radius 1 is 0.756 bits per heavy atom. The predicted molar refractivity (Wildman–Crippen MR) is 182 cm³/mol. The van der Waals surface area contributed by atoms with Gasteiger partial charge >= 0.3 is 0 Å². The number of aliphatic hydroxyl groups is 2. The molecular formula is C29H40O6S6. The molecular weight excluding hydrogens is 637 g/mol. The molecule has 0 bridgehead atoms. The van der Waals surface area contributed by atoms with Crippen molar-refractivity contribution < 1.29 is 29.2 Å². The van der Waals surface area contributed by atoms with Crippen LogP contribution in [-0.4, -0.2) is 84.6 Å². The van der Waals surface area contributed by atoms with Crippen molar-refractivity contribution >= 4 is 70.6 Å². The fourth-order valence-corrected chi connectivity index (χ4v) is 13.3. The molecule has 6 nitrogen and oxygen atoms in total. The van der Waals surface area contributed by atoms with E-state index in [4.69, 9.17) is 18.9 Å². The maximum atomic E-state index is 10.3. The summed E-state index contributed by atoms with van der Waals surface area (Å²) in [5, 5.41) is 24.8. The first kappa shape index (κ1) is 33.9. The largest absolute Gasteiger partial charge is 0.491 e. The van der Waals surface area contributed by atoms with Gasteiger partial charge in [-0.1, -0.05) is 38.1 Å². The molecule has 0 spiro atoms. The minimum Gasteiger partial charge on any atom is -0.491 e. The van der Waals surface area contributed by atoms with Gasteiger partial charge in [0.25, 0.3) is 0 Å². The molecule has 3 unspecified atom stereocenters. The van der Waals surface area contributed by atoms with E-state index in [0.29, 0.717) is 28.1 Å². The van der Waals surface area contributed by atoms with Crippen LogP contribution in [0.15, 0.2) is 48.5 Å². The first-order chi connectivity index (χ1) is 19.8. The van der Waals surface area contributed by atoms with Crippen LogP contribution in [-0.2, 0) is 14.9 Å².